The monoisotopic (exact) mass is 214 g/mol. The third-order valence-corrected chi connectivity index (χ3v) is 2.89. The van der Waals surface area contributed by atoms with Gasteiger partial charge in [-0.1, -0.05) is 12.8 Å². The lowest BCUT2D eigenvalue weighted by atomic mass is 10.3. The molecule has 0 aromatic rings. The molecule has 1 N–H and O–H groups in total. The van der Waals surface area contributed by atoms with Gasteiger partial charge in [-0.15, -0.1) is 0 Å². The SMILES string of the molecule is CCN(CC)C(=O)CNOC1CCCC1. The van der Waals surface area contributed by atoms with Crippen LogP contribution in [0.4, 0.5) is 0 Å². The van der Waals surface area contributed by atoms with E-state index in [2.05, 4.69) is 5.48 Å². The van der Waals surface area contributed by atoms with Crippen molar-refractivity contribution in [3.63, 3.8) is 0 Å². The van der Waals surface area contributed by atoms with Gasteiger partial charge in [-0.25, -0.2) is 0 Å². The first-order chi connectivity index (χ1) is 7.27. The van der Waals surface area contributed by atoms with Gasteiger partial charge in [-0.2, -0.15) is 5.48 Å². The summed E-state index contributed by atoms with van der Waals surface area (Å²) in [7, 11) is 0. The fourth-order valence-electron chi connectivity index (χ4n) is 1.92. The molecule has 1 saturated carbocycles. The molecule has 1 rings (SSSR count). The highest BCUT2D eigenvalue weighted by Crippen LogP contribution is 2.19. The molecule has 4 heteroatoms. The van der Waals surface area contributed by atoms with E-state index in [0.717, 1.165) is 25.9 Å². The van der Waals surface area contributed by atoms with Crippen LogP contribution in [0.15, 0.2) is 0 Å². The molecule has 1 amide bonds. The van der Waals surface area contributed by atoms with Gasteiger partial charge in [0.05, 0.1) is 6.10 Å². The van der Waals surface area contributed by atoms with Gasteiger partial charge >= 0.3 is 0 Å². The average molecular weight is 214 g/mol. The Kier molecular flexibility index (Phi) is 5.65. The predicted molar refractivity (Wildman–Crippen MR) is 59.3 cm³/mol. The molecule has 0 atom stereocenters. The molecule has 0 aromatic carbocycles. The maximum atomic E-state index is 11.6. The van der Waals surface area contributed by atoms with E-state index in [0.29, 0.717) is 6.10 Å². The number of amides is 1. The molecule has 0 unspecified atom stereocenters. The van der Waals surface area contributed by atoms with Crippen molar-refractivity contribution in [1.82, 2.24) is 10.4 Å². The first-order valence-corrected chi connectivity index (χ1v) is 5.94. The maximum Gasteiger partial charge on any atom is 0.238 e. The Bertz CT molecular complexity index is 187. The Balaban J connectivity index is 2.10. The number of hydrogen-bond donors (Lipinski definition) is 1. The van der Waals surface area contributed by atoms with Crippen LogP contribution in [0.3, 0.4) is 0 Å². The summed E-state index contributed by atoms with van der Waals surface area (Å²) >= 11 is 0. The Labute approximate surface area is 91.9 Å². The molecule has 0 bridgehead atoms. The molecular formula is C11H22N2O2. The number of carbonyl (C=O) groups is 1. The second-order valence-electron chi connectivity index (χ2n) is 3.91. The van der Waals surface area contributed by atoms with Crippen molar-refractivity contribution in [1.29, 1.82) is 0 Å². The highest BCUT2D eigenvalue weighted by atomic mass is 16.7. The summed E-state index contributed by atoms with van der Waals surface area (Å²) in [4.78, 5) is 18.8. The third-order valence-electron chi connectivity index (χ3n) is 2.89. The molecule has 0 aliphatic heterocycles. The van der Waals surface area contributed by atoms with E-state index in [1.165, 1.54) is 12.8 Å². The van der Waals surface area contributed by atoms with Gasteiger partial charge in [0.25, 0.3) is 0 Å². The van der Waals surface area contributed by atoms with Gasteiger partial charge in [-0.3, -0.25) is 9.63 Å². The number of likely N-dealkylation sites (N-methyl/N-ethyl adjacent to an activating group) is 1. The van der Waals surface area contributed by atoms with Gasteiger partial charge in [0.15, 0.2) is 0 Å². The average Bonchev–Trinajstić information content (AvgIpc) is 2.72. The van der Waals surface area contributed by atoms with Crippen molar-refractivity contribution in [2.45, 2.75) is 45.6 Å². The summed E-state index contributed by atoms with van der Waals surface area (Å²) in [6.07, 6.45) is 5.04. The van der Waals surface area contributed by atoms with E-state index in [9.17, 15) is 4.79 Å². The smallest absolute Gasteiger partial charge is 0.238 e. The fourth-order valence-corrected chi connectivity index (χ4v) is 1.92. The third kappa shape index (κ3) is 4.18. The molecule has 1 fully saturated rings. The van der Waals surface area contributed by atoms with Crippen LogP contribution < -0.4 is 5.48 Å². The van der Waals surface area contributed by atoms with E-state index < -0.39 is 0 Å². The molecular weight excluding hydrogens is 192 g/mol. The molecule has 0 heterocycles. The van der Waals surface area contributed by atoms with E-state index in [1.54, 1.807) is 4.90 Å². The Morgan fingerprint density at radius 3 is 2.47 bits per heavy atom. The Hall–Kier alpha value is -0.610. The Morgan fingerprint density at radius 2 is 1.93 bits per heavy atom. The second kappa shape index (κ2) is 6.80. The van der Waals surface area contributed by atoms with Gasteiger partial charge in [-0.05, 0) is 26.7 Å². The summed E-state index contributed by atoms with van der Waals surface area (Å²) in [6, 6.07) is 0. The molecule has 0 aromatic heterocycles. The summed E-state index contributed by atoms with van der Waals surface area (Å²) in [5, 5.41) is 0. The molecule has 1 aliphatic rings. The number of carbonyl (C=O) groups excluding carboxylic acids is 1. The van der Waals surface area contributed by atoms with Crippen molar-refractivity contribution < 1.29 is 9.63 Å². The van der Waals surface area contributed by atoms with E-state index in [-0.39, 0.29) is 12.5 Å². The van der Waals surface area contributed by atoms with E-state index in [1.807, 2.05) is 13.8 Å². The molecule has 0 saturated heterocycles. The number of hydrogen-bond acceptors (Lipinski definition) is 3. The predicted octanol–water partition coefficient (Wildman–Crippen LogP) is 1.32. The van der Waals surface area contributed by atoms with E-state index >= 15 is 0 Å². The molecule has 15 heavy (non-hydrogen) atoms. The van der Waals surface area contributed by atoms with Crippen LogP contribution in [-0.4, -0.2) is 36.5 Å². The summed E-state index contributed by atoms with van der Waals surface area (Å²) < 4.78 is 0. The summed E-state index contributed by atoms with van der Waals surface area (Å²) in [6.45, 7) is 5.79. The molecule has 0 radical (unpaired) electrons. The zero-order valence-corrected chi connectivity index (χ0v) is 9.79. The molecule has 0 spiro atoms. The quantitative estimate of drug-likeness (QED) is 0.678. The summed E-state index contributed by atoms with van der Waals surface area (Å²) in [5.74, 6) is 0.109. The number of hydroxylamine groups is 1. The number of nitrogens with zero attached hydrogens (tertiary/aromatic N) is 1. The van der Waals surface area contributed by atoms with Crippen LogP contribution in [0.1, 0.15) is 39.5 Å². The molecule has 88 valence electrons. The first-order valence-electron chi connectivity index (χ1n) is 5.94. The van der Waals surface area contributed by atoms with Crippen molar-refractivity contribution in [3.05, 3.63) is 0 Å². The minimum atomic E-state index is 0.109. The van der Waals surface area contributed by atoms with Crippen molar-refractivity contribution in [2.24, 2.45) is 0 Å². The first kappa shape index (κ1) is 12.5. The standard InChI is InChI=1S/C11H22N2O2/c1-3-13(4-2)11(14)9-12-15-10-7-5-6-8-10/h10,12H,3-9H2,1-2H3. The minimum Gasteiger partial charge on any atom is -0.342 e. The topological polar surface area (TPSA) is 41.6 Å². The van der Waals surface area contributed by atoms with Crippen LogP contribution in [0.5, 0.6) is 0 Å². The fraction of sp³-hybridized carbons (Fsp3) is 0.909. The van der Waals surface area contributed by atoms with Crippen molar-refractivity contribution >= 4 is 5.91 Å². The van der Waals surface area contributed by atoms with Crippen LogP contribution in [-0.2, 0) is 9.63 Å². The van der Waals surface area contributed by atoms with Crippen LogP contribution >= 0.6 is 0 Å². The van der Waals surface area contributed by atoms with Crippen LogP contribution in [0.25, 0.3) is 0 Å². The van der Waals surface area contributed by atoms with Crippen LogP contribution in [0, 0.1) is 0 Å². The van der Waals surface area contributed by atoms with Gasteiger partial charge in [0.1, 0.15) is 6.54 Å². The second-order valence-corrected chi connectivity index (χ2v) is 3.91. The highest BCUT2D eigenvalue weighted by molar-refractivity contribution is 5.78. The lowest BCUT2D eigenvalue weighted by Gasteiger charge is -2.19. The lowest BCUT2D eigenvalue weighted by molar-refractivity contribution is -0.133. The highest BCUT2D eigenvalue weighted by Gasteiger charge is 2.16. The Morgan fingerprint density at radius 1 is 1.33 bits per heavy atom. The van der Waals surface area contributed by atoms with Gasteiger partial charge < -0.3 is 4.90 Å². The van der Waals surface area contributed by atoms with Crippen LogP contribution in [0.2, 0.25) is 0 Å². The summed E-state index contributed by atoms with van der Waals surface area (Å²) in [5.41, 5.74) is 2.78. The van der Waals surface area contributed by atoms with E-state index in [4.69, 9.17) is 4.84 Å². The normalized spacial score (nSPS) is 16.9. The maximum absolute atomic E-state index is 11.6. The lowest BCUT2D eigenvalue weighted by Crippen LogP contribution is -2.38. The van der Waals surface area contributed by atoms with Crippen molar-refractivity contribution in [3.8, 4) is 0 Å². The van der Waals surface area contributed by atoms with Crippen molar-refractivity contribution in [2.75, 3.05) is 19.6 Å². The van der Waals surface area contributed by atoms with Gasteiger partial charge in [0.2, 0.25) is 5.91 Å². The number of rotatable bonds is 6. The zero-order valence-electron chi connectivity index (χ0n) is 9.79. The minimum absolute atomic E-state index is 0.109. The molecule has 1 aliphatic carbocycles. The number of nitrogens with one attached hydrogen (secondary N) is 1. The molecule has 4 nitrogen and oxygen atoms in total. The van der Waals surface area contributed by atoms with Gasteiger partial charge in [0, 0.05) is 13.1 Å². The largest absolute Gasteiger partial charge is 0.342 e. The zero-order chi connectivity index (χ0) is 11.1.